The van der Waals surface area contributed by atoms with Crippen LogP contribution in [0.4, 0.5) is 0 Å². The minimum absolute atomic E-state index is 0.0172. The van der Waals surface area contributed by atoms with E-state index in [1.54, 1.807) is 50.1 Å². The van der Waals surface area contributed by atoms with E-state index in [4.69, 9.17) is 23.2 Å². The first-order chi connectivity index (χ1) is 11.9. The van der Waals surface area contributed by atoms with Crippen LogP contribution < -0.4 is 5.32 Å². The highest BCUT2D eigenvalue weighted by molar-refractivity contribution is 7.98. The fraction of sp³-hybridized carbons (Fsp3) is 0.222. The van der Waals surface area contributed by atoms with Crippen molar-refractivity contribution in [3.8, 4) is 0 Å². The number of nitrogens with zero attached hydrogens (tertiary/aromatic N) is 1. The Labute approximate surface area is 161 Å². The average molecular weight is 397 g/mol. The van der Waals surface area contributed by atoms with Gasteiger partial charge in [0.15, 0.2) is 0 Å². The summed E-state index contributed by atoms with van der Waals surface area (Å²) in [6.07, 6.45) is 0. The fourth-order valence-electron chi connectivity index (χ4n) is 1.92. The molecule has 0 aromatic heterocycles. The van der Waals surface area contributed by atoms with Crippen LogP contribution in [0.15, 0.2) is 47.4 Å². The number of benzene rings is 2. The summed E-state index contributed by atoms with van der Waals surface area (Å²) in [6.45, 7) is -0.0172. The van der Waals surface area contributed by atoms with Crippen LogP contribution in [0.25, 0.3) is 0 Å². The van der Waals surface area contributed by atoms with Crippen LogP contribution in [0.1, 0.15) is 15.9 Å². The lowest BCUT2D eigenvalue weighted by atomic mass is 10.1. The summed E-state index contributed by atoms with van der Waals surface area (Å²) in [6, 6.07) is 12.6. The van der Waals surface area contributed by atoms with E-state index in [0.29, 0.717) is 21.4 Å². The Bertz CT molecular complexity index is 764. The summed E-state index contributed by atoms with van der Waals surface area (Å²) in [4.78, 5) is 25.9. The average Bonchev–Trinajstić information content (AvgIpc) is 2.60. The van der Waals surface area contributed by atoms with Gasteiger partial charge >= 0.3 is 0 Å². The predicted octanol–water partition coefficient (Wildman–Crippen LogP) is 4.10. The monoisotopic (exact) mass is 396 g/mol. The van der Waals surface area contributed by atoms with Gasteiger partial charge in [0, 0.05) is 35.3 Å². The zero-order valence-electron chi connectivity index (χ0n) is 13.9. The van der Waals surface area contributed by atoms with Gasteiger partial charge in [-0.05, 0) is 35.9 Å². The number of hydrogen-bond donors (Lipinski definition) is 1. The molecule has 0 aliphatic carbocycles. The molecule has 2 amide bonds. The lowest BCUT2D eigenvalue weighted by Crippen LogP contribution is -2.36. The van der Waals surface area contributed by atoms with E-state index in [9.17, 15) is 9.59 Å². The van der Waals surface area contributed by atoms with Crippen molar-refractivity contribution in [3.05, 3.63) is 63.6 Å². The number of thioether (sulfide) groups is 1. The molecular formula is C18H18Cl2N2O2S. The molecule has 4 nitrogen and oxygen atoms in total. The molecule has 2 aromatic rings. The number of hydrogen-bond acceptors (Lipinski definition) is 3. The van der Waals surface area contributed by atoms with Gasteiger partial charge in [0.05, 0.1) is 11.6 Å². The normalized spacial score (nSPS) is 10.4. The number of likely N-dealkylation sites (N-methyl/N-ethyl adjacent to an activating group) is 1. The van der Waals surface area contributed by atoms with Crippen LogP contribution in [0.2, 0.25) is 10.0 Å². The molecule has 0 heterocycles. The molecule has 25 heavy (non-hydrogen) atoms. The van der Waals surface area contributed by atoms with Crippen molar-refractivity contribution >= 4 is 46.8 Å². The predicted molar refractivity (Wildman–Crippen MR) is 103 cm³/mol. The van der Waals surface area contributed by atoms with Crippen LogP contribution in [0, 0.1) is 0 Å². The zero-order valence-corrected chi connectivity index (χ0v) is 16.2. The topological polar surface area (TPSA) is 49.4 Å². The molecule has 0 saturated carbocycles. The lowest BCUT2D eigenvalue weighted by Gasteiger charge is -2.11. The summed E-state index contributed by atoms with van der Waals surface area (Å²) < 4.78 is 0. The van der Waals surface area contributed by atoms with Crippen LogP contribution in [-0.2, 0) is 10.5 Å². The quantitative estimate of drug-likeness (QED) is 0.747. The molecule has 0 aliphatic rings. The molecule has 1 N–H and O–H groups in total. The second kappa shape index (κ2) is 9.13. The van der Waals surface area contributed by atoms with Crippen molar-refractivity contribution in [1.82, 2.24) is 10.2 Å². The van der Waals surface area contributed by atoms with Gasteiger partial charge in [-0.25, -0.2) is 0 Å². The second-order valence-corrected chi connectivity index (χ2v) is 7.39. The van der Waals surface area contributed by atoms with Crippen molar-refractivity contribution in [2.75, 3.05) is 20.6 Å². The van der Waals surface area contributed by atoms with Gasteiger partial charge in [-0.3, -0.25) is 9.59 Å². The first-order valence-electron chi connectivity index (χ1n) is 7.52. The number of amides is 2. The van der Waals surface area contributed by atoms with Crippen molar-refractivity contribution < 1.29 is 9.59 Å². The van der Waals surface area contributed by atoms with Crippen LogP contribution in [0.5, 0.6) is 0 Å². The molecule has 0 saturated heterocycles. The standard InChI is InChI=1S/C18H18Cl2N2O2S/c1-22(2)17(23)10-21-18(24)13-5-3-12(4-6-13)11-25-16-9-14(19)7-8-15(16)20/h3-9H,10-11H2,1-2H3,(H,21,24). The van der Waals surface area contributed by atoms with E-state index >= 15 is 0 Å². The highest BCUT2D eigenvalue weighted by Crippen LogP contribution is 2.32. The second-order valence-electron chi connectivity index (χ2n) is 5.53. The SMILES string of the molecule is CN(C)C(=O)CNC(=O)c1ccc(CSc2cc(Cl)ccc2Cl)cc1. The molecule has 0 bridgehead atoms. The summed E-state index contributed by atoms with van der Waals surface area (Å²) in [5, 5.41) is 3.91. The molecule has 2 rings (SSSR count). The van der Waals surface area contributed by atoms with Gasteiger partial charge in [-0.1, -0.05) is 35.3 Å². The number of halogens is 2. The summed E-state index contributed by atoms with van der Waals surface area (Å²) in [5.74, 6) is 0.285. The smallest absolute Gasteiger partial charge is 0.251 e. The molecule has 0 aliphatic heterocycles. The first-order valence-corrected chi connectivity index (χ1v) is 9.26. The molecule has 0 atom stereocenters. The molecule has 0 spiro atoms. The molecule has 2 aromatic carbocycles. The molecule has 132 valence electrons. The third-order valence-corrected chi connectivity index (χ3v) is 5.21. The van der Waals surface area contributed by atoms with E-state index in [0.717, 1.165) is 10.5 Å². The summed E-state index contributed by atoms with van der Waals surface area (Å²) in [5.41, 5.74) is 1.57. The van der Waals surface area contributed by atoms with Crippen molar-refractivity contribution in [2.24, 2.45) is 0 Å². The molecular weight excluding hydrogens is 379 g/mol. The van der Waals surface area contributed by atoms with Gasteiger partial charge in [0.25, 0.3) is 5.91 Å². The fourth-order valence-corrected chi connectivity index (χ4v) is 3.37. The minimum atomic E-state index is -0.271. The lowest BCUT2D eigenvalue weighted by molar-refractivity contribution is -0.127. The van der Waals surface area contributed by atoms with Crippen molar-refractivity contribution in [3.63, 3.8) is 0 Å². The van der Waals surface area contributed by atoms with E-state index in [-0.39, 0.29) is 18.4 Å². The van der Waals surface area contributed by atoms with Crippen molar-refractivity contribution in [2.45, 2.75) is 10.6 Å². The Balaban J connectivity index is 1.92. The van der Waals surface area contributed by atoms with Crippen LogP contribution in [-0.4, -0.2) is 37.4 Å². The van der Waals surface area contributed by atoms with Gasteiger partial charge in [-0.2, -0.15) is 0 Å². The largest absolute Gasteiger partial charge is 0.347 e. The highest BCUT2D eigenvalue weighted by atomic mass is 35.5. The van der Waals surface area contributed by atoms with E-state index in [1.807, 2.05) is 18.2 Å². The maximum atomic E-state index is 12.0. The first kappa shape index (κ1) is 19.6. The van der Waals surface area contributed by atoms with Crippen LogP contribution >= 0.6 is 35.0 Å². The maximum Gasteiger partial charge on any atom is 0.251 e. The number of carbonyl (C=O) groups excluding carboxylic acids is 2. The van der Waals surface area contributed by atoms with Gasteiger partial charge < -0.3 is 10.2 Å². The van der Waals surface area contributed by atoms with E-state index < -0.39 is 0 Å². The van der Waals surface area contributed by atoms with Gasteiger partial charge in [-0.15, -0.1) is 11.8 Å². The van der Waals surface area contributed by atoms with E-state index in [2.05, 4.69) is 5.32 Å². The molecule has 7 heteroatoms. The Hall–Kier alpha value is -1.69. The molecule has 0 radical (unpaired) electrons. The Morgan fingerprint density at radius 2 is 1.76 bits per heavy atom. The summed E-state index contributed by atoms with van der Waals surface area (Å²) >= 11 is 13.7. The van der Waals surface area contributed by atoms with Gasteiger partial charge in [0.2, 0.25) is 5.91 Å². The Morgan fingerprint density at radius 1 is 1.08 bits per heavy atom. The zero-order chi connectivity index (χ0) is 18.4. The van der Waals surface area contributed by atoms with Crippen LogP contribution in [0.3, 0.4) is 0 Å². The van der Waals surface area contributed by atoms with Gasteiger partial charge in [0.1, 0.15) is 0 Å². The molecule has 0 unspecified atom stereocenters. The Kier molecular flexibility index (Phi) is 7.17. The third kappa shape index (κ3) is 5.96. The highest BCUT2D eigenvalue weighted by Gasteiger charge is 2.09. The number of rotatable bonds is 6. The Morgan fingerprint density at radius 3 is 2.40 bits per heavy atom. The third-order valence-electron chi connectivity index (χ3n) is 3.40. The summed E-state index contributed by atoms with van der Waals surface area (Å²) in [7, 11) is 3.29. The minimum Gasteiger partial charge on any atom is -0.347 e. The molecule has 0 fully saturated rings. The number of carbonyl (C=O) groups is 2. The van der Waals surface area contributed by atoms with E-state index in [1.165, 1.54) is 4.90 Å². The maximum absolute atomic E-state index is 12.0. The van der Waals surface area contributed by atoms with Crippen molar-refractivity contribution in [1.29, 1.82) is 0 Å². The number of nitrogens with one attached hydrogen (secondary N) is 1.